The Balaban J connectivity index is 1.71. The van der Waals surface area contributed by atoms with Gasteiger partial charge in [0.1, 0.15) is 18.5 Å². The standard InChI is InChI=1S/C34H46INO3Si/c1-22(2)31-29(32(37)24-15-17-25(18-16-24)38-21-23-13-11-10-12-14-23)30(35)28-26(36-31)19-34(6,7)20-27(28)39-40(8,9)33(3,4)5/h10-18,22,27,32,37H,19-21H2,1-9H3. The SMILES string of the molecule is CC(C)c1nc2c(c(I)c1C(O)c1ccc(OCc3ccccc3)cc1)C(O[Si](C)(C)C(C)(C)C)CC(C)(C)C2. The Bertz CT molecular complexity index is 1310. The summed E-state index contributed by atoms with van der Waals surface area (Å²) in [5.41, 5.74) is 6.27. The number of aliphatic hydroxyl groups excluding tert-OH is 1. The summed E-state index contributed by atoms with van der Waals surface area (Å²) in [5, 5.41) is 11.9. The summed E-state index contributed by atoms with van der Waals surface area (Å²) >= 11 is 2.46. The first kappa shape index (κ1) is 31.2. The summed E-state index contributed by atoms with van der Waals surface area (Å²) < 4.78 is 14.2. The Labute approximate surface area is 256 Å². The Morgan fingerprint density at radius 1 is 1.05 bits per heavy atom. The van der Waals surface area contributed by atoms with Gasteiger partial charge in [-0.15, -0.1) is 0 Å². The van der Waals surface area contributed by atoms with Gasteiger partial charge in [-0.25, -0.2) is 0 Å². The largest absolute Gasteiger partial charge is 0.489 e. The van der Waals surface area contributed by atoms with Crippen LogP contribution in [-0.2, 0) is 17.5 Å². The number of halogens is 1. The summed E-state index contributed by atoms with van der Waals surface area (Å²) in [4.78, 5) is 5.28. The number of aromatic nitrogens is 1. The van der Waals surface area contributed by atoms with Gasteiger partial charge >= 0.3 is 0 Å². The maximum Gasteiger partial charge on any atom is 0.192 e. The summed E-state index contributed by atoms with van der Waals surface area (Å²) in [6.45, 7) is 21.0. The third-order valence-electron chi connectivity index (χ3n) is 8.53. The minimum atomic E-state index is -2.04. The Hall–Kier alpha value is -1.74. The van der Waals surface area contributed by atoms with Crippen LogP contribution in [0.3, 0.4) is 0 Å². The van der Waals surface area contributed by atoms with Gasteiger partial charge < -0.3 is 14.3 Å². The molecule has 1 N–H and O–H groups in total. The molecule has 4 nitrogen and oxygen atoms in total. The molecule has 6 heteroatoms. The molecular weight excluding hydrogens is 625 g/mol. The van der Waals surface area contributed by atoms with E-state index in [-0.39, 0.29) is 22.5 Å². The molecule has 0 amide bonds. The molecule has 0 fully saturated rings. The van der Waals surface area contributed by atoms with E-state index in [1.54, 1.807) is 0 Å². The number of nitrogens with zero attached hydrogens (tertiary/aromatic N) is 1. The molecule has 0 saturated heterocycles. The highest BCUT2D eigenvalue weighted by atomic mass is 127. The van der Waals surface area contributed by atoms with E-state index in [1.165, 1.54) is 5.56 Å². The Kier molecular flexibility index (Phi) is 9.25. The summed E-state index contributed by atoms with van der Waals surface area (Å²) in [5.74, 6) is 0.967. The minimum Gasteiger partial charge on any atom is -0.489 e. The van der Waals surface area contributed by atoms with Gasteiger partial charge in [0.2, 0.25) is 0 Å². The van der Waals surface area contributed by atoms with E-state index in [0.29, 0.717) is 6.61 Å². The van der Waals surface area contributed by atoms with Crippen LogP contribution in [-0.4, -0.2) is 18.4 Å². The van der Waals surface area contributed by atoms with Crippen molar-refractivity contribution in [1.82, 2.24) is 4.98 Å². The van der Waals surface area contributed by atoms with Crippen LogP contribution < -0.4 is 4.74 Å². The zero-order chi connectivity index (χ0) is 29.5. The van der Waals surface area contributed by atoms with Gasteiger partial charge in [-0.2, -0.15) is 0 Å². The minimum absolute atomic E-state index is 0.0278. The molecule has 2 aromatic carbocycles. The third-order valence-corrected chi connectivity index (χ3v) is 14.2. The molecule has 0 radical (unpaired) electrons. The fraction of sp³-hybridized carbons (Fsp3) is 0.500. The Morgan fingerprint density at radius 3 is 2.25 bits per heavy atom. The third kappa shape index (κ3) is 6.83. The highest BCUT2D eigenvalue weighted by Crippen LogP contribution is 2.50. The molecule has 3 aromatic rings. The zero-order valence-corrected chi connectivity index (χ0v) is 28.8. The number of pyridine rings is 1. The lowest BCUT2D eigenvalue weighted by molar-refractivity contribution is 0.104. The smallest absolute Gasteiger partial charge is 0.192 e. The van der Waals surface area contributed by atoms with Gasteiger partial charge in [0, 0.05) is 20.4 Å². The predicted molar refractivity (Wildman–Crippen MR) is 175 cm³/mol. The number of rotatable bonds is 8. The quantitative estimate of drug-likeness (QED) is 0.192. The molecule has 2 unspecified atom stereocenters. The van der Waals surface area contributed by atoms with E-state index in [9.17, 15) is 5.11 Å². The van der Waals surface area contributed by atoms with Crippen molar-refractivity contribution in [2.24, 2.45) is 5.41 Å². The van der Waals surface area contributed by atoms with Crippen LogP contribution in [0.15, 0.2) is 54.6 Å². The molecular formula is C34H46INO3Si. The van der Waals surface area contributed by atoms with Gasteiger partial charge in [-0.3, -0.25) is 4.98 Å². The number of benzene rings is 2. The molecule has 4 rings (SSSR count). The number of hydrogen-bond acceptors (Lipinski definition) is 4. The maximum absolute atomic E-state index is 11.8. The van der Waals surface area contributed by atoms with E-state index in [1.807, 2.05) is 42.5 Å². The lowest BCUT2D eigenvalue weighted by Gasteiger charge is -2.44. The van der Waals surface area contributed by atoms with Crippen molar-refractivity contribution in [2.75, 3.05) is 0 Å². The average molecular weight is 672 g/mol. The number of ether oxygens (including phenoxy) is 1. The van der Waals surface area contributed by atoms with Crippen molar-refractivity contribution < 1.29 is 14.3 Å². The molecule has 1 heterocycles. The van der Waals surface area contributed by atoms with Gasteiger partial charge in [-0.05, 0) is 88.2 Å². The van der Waals surface area contributed by atoms with Gasteiger partial charge in [-0.1, -0.05) is 90.9 Å². The predicted octanol–water partition coefficient (Wildman–Crippen LogP) is 9.51. The van der Waals surface area contributed by atoms with E-state index >= 15 is 0 Å². The lowest BCUT2D eigenvalue weighted by atomic mass is 9.74. The zero-order valence-electron chi connectivity index (χ0n) is 25.6. The highest BCUT2D eigenvalue weighted by Gasteiger charge is 2.44. The molecule has 0 spiro atoms. The fourth-order valence-electron chi connectivity index (χ4n) is 5.23. The maximum atomic E-state index is 11.8. The van der Waals surface area contributed by atoms with Crippen molar-refractivity contribution in [3.63, 3.8) is 0 Å². The van der Waals surface area contributed by atoms with Crippen LogP contribution in [0.1, 0.15) is 107 Å². The average Bonchev–Trinajstić information content (AvgIpc) is 2.86. The normalized spacial score (nSPS) is 17.9. The molecule has 1 aliphatic carbocycles. The second kappa shape index (κ2) is 11.9. The topological polar surface area (TPSA) is 51.6 Å². The van der Waals surface area contributed by atoms with E-state index in [4.69, 9.17) is 14.1 Å². The van der Waals surface area contributed by atoms with Crippen LogP contribution >= 0.6 is 22.6 Å². The van der Waals surface area contributed by atoms with Crippen molar-refractivity contribution >= 4 is 30.9 Å². The first-order valence-electron chi connectivity index (χ1n) is 14.4. The lowest BCUT2D eigenvalue weighted by Crippen LogP contribution is -2.44. The second-order valence-corrected chi connectivity index (χ2v) is 19.7. The molecule has 1 aromatic heterocycles. The monoisotopic (exact) mass is 671 g/mol. The van der Waals surface area contributed by atoms with E-state index < -0.39 is 14.4 Å². The van der Waals surface area contributed by atoms with Gasteiger partial charge in [0.05, 0.1) is 11.8 Å². The summed E-state index contributed by atoms with van der Waals surface area (Å²) in [7, 11) is -2.04. The number of hydrogen-bond donors (Lipinski definition) is 1. The van der Waals surface area contributed by atoms with Crippen LogP contribution in [0.2, 0.25) is 18.1 Å². The molecule has 1 aliphatic rings. The summed E-state index contributed by atoms with van der Waals surface area (Å²) in [6, 6.07) is 18.0. The molecule has 0 saturated carbocycles. The molecule has 2 atom stereocenters. The van der Waals surface area contributed by atoms with Crippen LogP contribution in [0.5, 0.6) is 5.75 Å². The van der Waals surface area contributed by atoms with Crippen molar-refractivity contribution in [3.05, 3.63) is 91.8 Å². The number of aliphatic hydroxyl groups is 1. The van der Waals surface area contributed by atoms with Gasteiger partial charge in [0.25, 0.3) is 0 Å². The fourth-order valence-corrected chi connectivity index (χ4v) is 7.72. The Morgan fingerprint density at radius 2 is 1.68 bits per heavy atom. The molecule has 216 valence electrons. The van der Waals surface area contributed by atoms with Crippen LogP contribution in [0, 0.1) is 8.99 Å². The van der Waals surface area contributed by atoms with E-state index in [0.717, 1.165) is 50.2 Å². The number of fused-ring (bicyclic) bond motifs is 1. The molecule has 0 aliphatic heterocycles. The second-order valence-electron chi connectivity index (χ2n) is 13.9. The van der Waals surface area contributed by atoms with Crippen LogP contribution in [0.4, 0.5) is 0 Å². The summed E-state index contributed by atoms with van der Waals surface area (Å²) in [6.07, 6.45) is 1.06. The van der Waals surface area contributed by atoms with Crippen molar-refractivity contribution in [1.29, 1.82) is 0 Å². The first-order valence-corrected chi connectivity index (χ1v) is 18.4. The highest BCUT2D eigenvalue weighted by molar-refractivity contribution is 14.1. The molecule has 0 bridgehead atoms. The van der Waals surface area contributed by atoms with Crippen molar-refractivity contribution in [3.8, 4) is 5.75 Å². The van der Waals surface area contributed by atoms with Crippen molar-refractivity contribution in [2.45, 2.75) is 104 Å². The van der Waals surface area contributed by atoms with Gasteiger partial charge in [0.15, 0.2) is 8.32 Å². The molecule has 40 heavy (non-hydrogen) atoms. The van der Waals surface area contributed by atoms with E-state index in [2.05, 4.69) is 96.3 Å². The van der Waals surface area contributed by atoms with Crippen LogP contribution in [0.25, 0.3) is 0 Å². The first-order chi connectivity index (χ1) is 18.6.